The number of carboxylic acids is 1. The van der Waals surface area contributed by atoms with Crippen LogP contribution in [0.25, 0.3) is 16.7 Å². The van der Waals surface area contributed by atoms with Gasteiger partial charge in [0.25, 0.3) is 0 Å². The Balaban J connectivity index is 1.44. The van der Waals surface area contributed by atoms with Crippen molar-refractivity contribution in [2.45, 2.75) is 45.1 Å². The average molecular weight is 480 g/mol. The number of carboxylic acid groups (broad SMARTS) is 1. The average Bonchev–Trinajstić information content (AvgIpc) is 3.26. The molecule has 1 atom stereocenters. The summed E-state index contributed by atoms with van der Waals surface area (Å²) in [4.78, 5) is 36.5. The molecule has 0 unspecified atom stereocenters. The number of aliphatic carboxylic acids is 1. The van der Waals surface area contributed by atoms with E-state index in [0.717, 1.165) is 5.56 Å². The van der Waals surface area contributed by atoms with Crippen molar-refractivity contribution >= 4 is 28.8 Å². The Bertz CT molecular complexity index is 1200. The van der Waals surface area contributed by atoms with Gasteiger partial charge in [0.05, 0.1) is 0 Å². The fourth-order valence-corrected chi connectivity index (χ4v) is 3.44. The van der Waals surface area contributed by atoms with E-state index in [4.69, 9.17) is 0 Å². The molecule has 0 saturated heterocycles. The summed E-state index contributed by atoms with van der Waals surface area (Å²) in [5.74, 6) is -1.68. The number of aromatic hydroxyl groups is 1. The van der Waals surface area contributed by atoms with Crippen molar-refractivity contribution in [2.75, 3.05) is 6.54 Å². The molecule has 0 radical (unpaired) electrons. The van der Waals surface area contributed by atoms with Crippen molar-refractivity contribution in [3.8, 4) is 11.4 Å². The van der Waals surface area contributed by atoms with Crippen molar-refractivity contribution in [1.29, 1.82) is 0 Å². The first-order valence-electron chi connectivity index (χ1n) is 11.3. The molecular weight excluding hydrogens is 450 g/mol. The summed E-state index contributed by atoms with van der Waals surface area (Å²) in [5, 5.41) is 33.5. The zero-order valence-electron chi connectivity index (χ0n) is 19.5. The third-order valence-corrected chi connectivity index (χ3v) is 5.42. The highest BCUT2D eigenvalue weighted by Crippen LogP contribution is 2.23. The van der Waals surface area contributed by atoms with Crippen LogP contribution in [0.2, 0.25) is 0 Å². The standard InChI is InChI=1S/C25H29N5O5/c1-16(2)24(33)27-20(25(34)35)9-5-6-14-26-23(32)13-11-17-10-12-22(31)21(15-17)30-28-18-7-3-4-8-19(18)29-30/h3-4,7-8,10,12,15,20,31H,1,5-6,9,11,13-14H2,2H3,(H,26,32)(H,27,33)(H,34,35)/t20-/m0/s1. The number of hydrogen-bond acceptors (Lipinski definition) is 6. The molecule has 0 aliphatic rings. The van der Waals surface area contributed by atoms with E-state index in [1.807, 2.05) is 24.3 Å². The summed E-state index contributed by atoms with van der Waals surface area (Å²) in [6, 6.07) is 11.5. The van der Waals surface area contributed by atoms with Crippen LogP contribution in [0, 0.1) is 0 Å². The summed E-state index contributed by atoms with van der Waals surface area (Å²) in [5.41, 5.74) is 2.96. The number of aromatic nitrogens is 3. The molecule has 3 rings (SSSR count). The largest absolute Gasteiger partial charge is 0.506 e. The lowest BCUT2D eigenvalue weighted by Crippen LogP contribution is -2.41. The molecule has 1 heterocycles. The molecule has 4 N–H and O–H groups in total. The SMILES string of the molecule is C=C(C)C(=O)N[C@@H](CCCCNC(=O)CCc1ccc(O)c(-n2nc3ccccc3n2)c1)C(=O)O. The first-order valence-corrected chi connectivity index (χ1v) is 11.3. The number of nitrogens with zero attached hydrogens (tertiary/aromatic N) is 3. The maximum absolute atomic E-state index is 12.2. The van der Waals surface area contributed by atoms with Gasteiger partial charge in [-0.25, -0.2) is 4.79 Å². The highest BCUT2D eigenvalue weighted by Gasteiger charge is 2.19. The van der Waals surface area contributed by atoms with Crippen LogP contribution in [0.5, 0.6) is 5.75 Å². The van der Waals surface area contributed by atoms with Crippen molar-refractivity contribution < 1.29 is 24.6 Å². The van der Waals surface area contributed by atoms with E-state index in [-0.39, 0.29) is 30.1 Å². The maximum atomic E-state index is 12.2. The Kier molecular flexibility index (Phi) is 8.55. The number of phenolic OH excluding ortho intramolecular Hbond substituents is 1. The first kappa shape index (κ1) is 25.4. The van der Waals surface area contributed by atoms with Gasteiger partial charge in [0.15, 0.2) is 0 Å². The molecule has 2 amide bonds. The van der Waals surface area contributed by atoms with Gasteiger partial charge in [0.1, 0.15) is 28.5 Å². The van der Waals surface area contributed by atoms with Gasteiger partial charge in [-0.05, 0) is 62.4 Å². The molecule has 0 aliphatic heterocycles. The molecule has 1 aromatic heterocycles. The summed E-state index contributed by atoms with van der Waals surface area (Å²) in [6.45, 7) is 5.42. The lowest BCUT2D eigenvalue weighted by Gasteiger charge is -2.14. The molecule has 0 bridgehead atoms. The molecule has 3 aromatic rings. The zero-order chi connectivity index (χ0) is 25.4. The molecule has 35 heavy (non-hydrogen) atoms. The molecule has 184 valence electrons. The fraction of sp³-hybridized carbons (Fsp3) is 0.320. The number of carbonyl (C=O) groups is 3. The minimum Gasteiger partial charge on any atom is -0.506 e. The Morgan fingerprint density at radius 3 is 2.40 bits per heavy atom. The summed E-state index contributed by atoms with van der Waals surface area (Å²) in [6.07, 6.45) is 2.09. The second kappa shape index (κ2) is 11.8. The van der Waals surface area contributed by atoms with E-state index in [1.54, 1.807) is 18.2 Å². The molecule has 2 aromatic carbocycles. The monoisotopic (exact) mass is 479 g/mol. The summed E-state index contributed by atoms with van der Waals surface area (Å²) in [7, 11) is 0. The van der Waals surface area contributed by atoms with E-state index in [2.05, 4.69) is 27.4 Å². The van der Waals surface area contributed by atoms with Crippen LogP contribution in [-0.4, -0.2) is 55.6 Å². The van der Waals surface area contributed by atoms with Crippen LogP contribution in [0.4, 0.5) is 0 Å². The van der Waals surface area contributed by atoms with E-state index in [0.29, 0.717) is 42.5 Å². The molecule has 10 heteroatoms. The quantitative estimate of drug-likeness (QED) is 0.230. The van der Waals surface area contributed by atoms with Gasteiger partial charge in [-0.3, -0.25) is 9.59 Å². The Morgan fingerprint density at radius 1 is 1.09 bits per heavy atom. The highest BCUT2D eigenvalue weighted by atomic mass is 16.4. The first-order chi connectivity index (χ1) is 16.7. The number of benzene rings is 2. The van der Waals surface area contributed by atoms with Gasteiger partial charge in [0.2, 0.25) is 11.8 Å². The minimum absolute atomic E-state index is 0.0395. The van der Waals surface area contributed by atoms with Crippen molar-refractivity contribution in [1.82, 2.24) is 25.6 Å². The van der Waals surface area contributed by atoms with Gasteiger partial charge in [0, 0.05) is 18.5 Å². The third-order valence-electron chi connectivity index (χ3n) is 5.42. The predicted molar refractivity (Wildman–Crippen MR) is 130 cm³/mol. The molecule has 0 aliphatic carbocycles. The summed E-state index contributed by atoms with van der Waals surface area (Å²) >= 11 is 0. The molecule has 10 nitrogen and oxygen atoms in total. The van der Waals surface area contributed by atoms with Gasteiger partial charge in [-0.1, -0.05) is 24.8 Å². The Hall–Kier alpha value is -4.21. The number of carbonyl (C=O) groups excluding carboxylic acids is 2. The normalized spacial score (nSPS) is 11.7. The van der Waals surface area contributed by atoms with Crippen molar-refractivity contribution in [2.24, 2.45) is 0 Å². The molecule has 0 saturated carbocycles. The number of fused-ring (bicyclic) bond motifs is 1. The molecule has 0 fully saturated rings. The van der Waals surface area contributed by atoms with Crippen LogP contribution in [-0.2, 0) is 20.8 Å². The Labute approximate surface area is 202 Å². The zero-order valence-corrected chi connectivity index (χ0v) is 19.5. The van der Waals surface area contributed by atoms with Crippen LogP contribution in [0.1, 0.15) is 38.2 Å². The molecular formula is C25H29N5O5. The van der Waals surface area contributed by atoms with Gasteiger partial charge < -0.3 is 20.8 Å². The van der Waals surface area contributed by atoms with Crippen LogP contribution in [0.3, 0.4) is 0 Å². The number of phenols is 1. The third kappa shape index (κ3) is 7.13. The maximum Gasteiger partial charge on any atom is 0.326 e. The second-order valence-corrected chi connectivity index (χ2v) is 8.29. The molecule has 0 spiro atoms. The van der Waals surface area contributed by atoms with Crippen LogP contribution >= 0.6 is 0 Å². The van der Waals surface area contributed by atoms with E-state index < -0.39 is 17.9 Å². The van der Waals surface area contributed by atoms with E-state index in [9.17, 15) is 24.6 Å². The van der Waals surface area contributed by atoms with Crippen molar-refractivity contribution in [3.63, 3.8) is 0 Å². The van der Waals surface area contributed by atoms with E-state index >= 15 is 0 Å². The summed E-state index contributed by atoms with van der Waals surface area (Å²) < 4.78 is 0. The van der Waals surface area contributed by atoms with Crippen LogP contribution < -0.4 is 10.6 Å². The van der Waals surface area contributed by atoms with Crippen LogP contribution in [0.15, 0.2) is 54.6 Å². The number of amides is 2. The van der Waals surface area contributed by atoms with Crippen molar-refractivity contribution in [3.05, 3.63) is 60.2 Å². The predicted octanol–water partition coefficient (Wildman–Crippen LogP) is 2.49. The number of rotatable bonds is 12. The minimum atomic E-state index is -1.10. The highest BCUT2D eigenvalue weighted by molar-refractivity contribution is 5.94. The number of nitrogens with one attached hydrogen (secondary N) is 2. The van der Waals surface area contributed by atoms with Gasteiger partial charge in [-0.15, -0.1) is 15.0 Å². The lowest BCUT2D eigenvalue weighted by atomic mass is 10.1. The lowest BCUT2D eigenvalue weighted by molar-refractivity contribution is -0.141. The van der Waals surface area contributed by atoms with E-state index in [1.165, 1.54) is 11.7 Å². The second-order valence-electron chi connectivity index (χ2n) is 8.29. The van der Waals surface area contributed by atoms with Gasteiger partial charge >= 0.3 is 5.97 Å². The van der Waals surface area contributed by atoms with Gasteiger partial charge in [-0.2, -0.15) is 0 Å². The number of aryl methyl sites for hydroxylation is 1. The Morgan fingerprint density at radius 2 is 1.77 bits per heavy atom. The number of hydrogen-bond donors (Lipinski definition) is 4. The number of unbranched alkanes of at least 4 members (excludes halogenated alkanes) is 1. The topological polar surface area (TPSA) is 146 Å². The smallest absolute Gasteiger partial charge is 0.326 e. The fourth-order valence-electron chi connectivity index (χ4n) is 3.44.